The Morgan fingerprint density at radius 3 is 2.67 bits per heavy atom. The minimum Gasteiger partial charge on any atom is -0.299 e. The summed E-state index contributed by atoms with van der Waals surface area (Å²) in [5, 5.41) is 12.5. The van der Waals surface area contributed by atoms with Crippen LogP contribution in [-0.4, -0.2) is 18.7 Å². The topological polar surface area (TPSA) is 42.3 Å². The molecule has 0 bridgehead atoms. The number of rotatable bonds is 1. The van der Waals surface area contributed by atoms with E-state index in [1.807, 2.05) is 17.2 Å². The number of aryl methyl sites for hydroxylation is 2. The lowest BCUT2D eigenvalue weighted by Crippen LogP contribution is -2.38. The third-order valence-electron chi connectivity index (χ3n) is 2.75. The number of anilines is 2. The molecule has 0 saturated heterocycles. The number of nitriles is 1. The van der Waals surface area contributed by atoms with Gasteiger partial charge in [0, 0.05) is 7.05 Å². The summed E-state index contributed by atoms with van der Waals surface area (Å²) in [5.41, 5.74) is 7.85. The van der Waals surface area contributed by atoms with Crippen molar-refractivity contribution in [2.75, 3.05) is 24.0 Å². The van der Waals surface area contributed by atoms with Crippen molar-refractivity contribution in [1.82, 2.24) is 5.12 Å². The predicted octanol–water partition coefficient (Wildman–Crippen LogP) is 1.82. The molecule has 0 aromatic heterocycles. The summed E-state index contributed by atoms with van der Waals surface area (Å²) in [5.74, 6) is 0. The van der Waals surface area contributed by atoms with Crippen LogP contribution in [0.1, 0.15) is 11.1 Å². The Kier molecular flexibility index (Phi) is 2.25. The Hall–Kier alpha value is -1.73. The van der Waals surface area contributed by atoms with Crippen LogP contribution in [0.4, 0.5) is 11.4 Å². The second-order valence-corrected chi connectivity index (χ2v) is 3.80. The summed E-state index contributed by atoms with van der Waals surface area (Å²) in [6.45, 7) is 4.53. The van der Waals surface area contributed by atoms with E-state index in [-0.39, 0.29) is 0 Å². The molecule has 0 fully saturated rings. The smallest absolute Gasteiger partial charge is 0.123 e. The standard InChI is InChI=1S/C11H14N4/c1-8-6-10-11(7-9(8)2)15(5-4-12)14(3)13-10/h6-7,13H,5H2,1-3H3. The Labute approximate surface area is 89.7 Å². The summed E-state index contributed by atoms with van der Waals surface area (Å²) in [6, 6.07) is 6.38. The van der Waals surface area contributed by atoms with E-state index in [9.17, 15) is 0 Å². The molecule has 0 spiro atoms. The molecule has 2 rings (SSSR count). The Morgan fingerprint density at radius 2 is 2.00 bits per heavy atom. The first kappa shape index (κ1) is 9.81. The lowest BCUT2D eigenvalue weighted by Gasteiger charge is -2.22. The Morgan fingerprint density at radius 1 is 1.33 bits per heavy atom. The van der Waals surface area contributed by atoms with E-state index >= 15 is 0 Å². The van der Waals surface area contributed by atoms with Crippen molar-refractivity contribution in [3.05, 3.63) is 23.3 Å². The van der Waals surface area contributed by atoms with Crippen LogP contribution < -0.4 is 10.4 Å². The Bertz CT molecular complexity index is 433. The van der Waals surface area contributed by atoms with Gasteiger partial charge in [0.2, 0.25) is 0 Å². The van der Waals surface area contributed by atoms with Crippen molar-refractivity contribution >= 4 is 11.4 Å². The summed E-state index contributed by atoms with van der Waals surface area (Å²) < 4.78 is 0. The molecule has 0 radical (unpaired) electrons. The van der Waals surface area contributed by atoms with Crippen molar-refractivity contribution in [3.8, 4) is 6.07 Å². The molecular formula is C11H14N4. The van der Waals surface area contributed by atoms with E-state index in [1.54, 1.807) is 0 Å². The number of benzene rings is 1. The highest BCUT2D eigenvalue weighted by Gasteiger charge is 2.23. The third kappa shape index (κ3) is 1.51. The second kappa shape index (κ2) is 3.44. The molecule has 0 saturated carbocycles. The molecule has 4 nitrogen and oxygen atoms in total. The molecule has 1 aromatic carbocycles. The average molecular weight is 202 g/mol. The van der Waals surface area contributed by atoms with E-state index in [1.165, 1.54) is 11.1 Å². The van der Waals surface area contributed by atoms with Gasteiger partial charge in [-0.2, -0.15) is 5.26 Å². The SMILES string of the molecule is Cc1cc2c(cc1C)N(CC#N)N(C)N2. The van der Waals surface area contributed by atoms with E-state index in [4.69, 9.17) is 5.26 Å². The molecule has 1 aliphatic rings. The summed E-state index contributed by atoms with van der Waals surface area (Å²) in [4.78, 5) is 0. The van der Waals surface area contributed by atoms with Gasteiger partial charge in [0.1, 0.15) is 6.54 Å². The minimum atomic E-state index is 0.360. The van der Waals surface area contributed by atoms with Gasteiger partial charge in [-0.05, 0) is 37.1 Å². The zero-order chi connectivity index (χ0) is 11.0. The van der Waals surface area contributed by atoms with Crippen LogP contribution in [0.2, 0.25) is 0 Å². The summed E-state index contributed by atoms with van der Waals surface area (Å²) in [6.07, 6.45) is 0. The van der Waals surface area contributed by atoms with Gasteiger partial charge in [-0.3, -0.25) is 10.4 Å². The molecule has 1 heterocycles. The third-order valence-corrected chi connectivity index (χ3v) is 2.75. The van der Waals surface area contributed by atoms with Crippen molar-refractivity contribution in [2.24, 2.45) is 0 Å². The van der Waals surface area contributed by atoms with Crippen LogP contribution in [0.25, 0.3) is 0 Å². The molecule has 0 atom stereocenters. The second-order valence-electron chi connectivity index (χ2n) is 3.80. The summed E-state index contributed by atoms with van der Waals surface area (Å²) >= 11 is 0. The largest absolute Gasteiger partial charge is 0.299 e. The van der Waals surface area contributed by atoms with E-state index in [2.05, 4.69) is 37.5 Å². The molecule has 0 amide bonds. The van der Waals surface area contributed by atoms with Crippen LogP contribution in [0.3, 0.4) is 0 Å². The molecule has 0 aliphatic carbocycles. The molecule has 1 N–H and O–H groups in total. The van der Waals surface area contributed by atoms with E-state index < -0.39 is 0 Å². The highest BCUT2D eigenvalue weighted by molar-refractivity contribution is 5.75. The molecule has 0 unspecified atom stereocenters. The van der Waals surface area contributed by atoms with Gasteiger partial charge in [-0.1, -0.05) is 0 Å². The van der Waals surface area contributed by atoms with Gasteiger partial charge >= 0.3 is 0 Å². The lowest BCUT2D eigenvalue weighted by atomic mass is 10.1. The lowest BCUT2D eigenvalue weighted by molar-refractivity contribution is 0.400. The molecule has 15 heavy (non-hydrogen) atoms. The number of fused-ring (bicyclic) bond motifs is 1. The number of hydrazine groups is 2. The maximum atomic E-state index is 8.75. The Balaban J connectivity index is 2.45. The number of hydrogen-bond acceptors (Lipinski definition) is 4. The van der Waals surface area contributed by atoms with Gasteiger partial charge in [-0.15, -0.1) is 5.12 Å². The maximum Gasteiger partial charge on any atom is 0.123 e. The quantitative estimate of drug-likeness (QED) is 0.705. The number of hydrogen-bond donors (Lipinski definition) is 1. The summed E-state index contributed by atoms with van der Waals surface area (Å²) in [7, 11) is 1.90. The molecule has 4 heteroatoms. The van der Waals surface area contributed by atoms with Crippen molar-refractivity contribution in [3.63, 3.8) is 0 Å². The minimum absolute atomic E-state index is 0.360. The first-order valence-corrected chi connectivity index (χ1v) is 4.89. The zero-order valence-electron chi connectivity index (χ0n) is 9.20. The monoisotopic (exact) mass is 202 g/mol. The van der Waals surface area contributed by atoms with Crippen LogP contribution in [-0.2, 0) is 0 Å². The first-order chi connectivity index (χ1) is 7.13. The highest BCUT2D eigenvalue weighted by atomic mass is 15.8. The fourth-order valence-corrected chi connectivity index (χ4v) is 1.76. The molecule has 1 aromatic rings. The van der Waals surface area contributed by atoms with Crippen molar-refractivity contribution in [1.29, 1.82) is 5.26 Å². The normalized spacial score (nSPS) is 14.7. The predicted molar refractivity (Wildman–Crippen MR) is 60.3 cm³/mol. The fraction of sp³-hybridized carbons (Fsp3) is 0.364. The first-order valence-electron chi connectivity index (χ1n) is 4.89. The van der Waals surface area contributed by atoms with Crippen molar-refractivity contribution in [2.45, 2.75) is 13.8 Å². The van der Waals surface area contributed by atoms with Gasteiger partial charge in [-0.25, -0.2) is 0 Å². The molecular weight excluding hydrogens is 188 g/mol. The van der Waals surface area contributed by atoms with E-state index in [0.717, 1.165) is 11.4 Å². The number of nitrogens with zero attached hydrogens (tertiary/aromatic N) is 3. The van der Waals surface area contributed by atoms with Crippen LogP contribution in [0, 0.1) is 25.2 Å². The van der Waals surface area contributed by atoms with Gasteiger partial charge in [0.25, 0.3) is 0 Å². The van der Waals surface area contributed by atoms with E-state index in [0.29, 0.717) is 6.54 Å². The fourth-order valence-electron chi connectivity index (χ4n) is 1.76. The highest BCUT2D eigenvalue weighted by Crippen LogP contribution is 2.34. The van der Waals surface area contributed by atoms with Gasteiger partial charge in [0.15, 0.2) is 0 Å². The number of nitrogens with one attached hydrogen (secondary N) is 1. The van der Waals surface area contributed by atoms with Gasteiger partial charge in [0.05, 0.1) is 17.4 Å². The molecule has 78 valence electrons. The van der Waals surface area contributed by atoms with Crippen LogP contribution >= 0.6 is 0 Å². The average Bonchev–Trinajstić information content (AvgIpc) is 2.46. The molecule has 1 aliphatic heterocycles. The maximum absolute atomic E-state index is 8.75. The van der Waals surface area contributed by atoms with Crippen LogP contribution in [0.5, 0.6) is 0 Å². The van der Waals surface area contributed by atoms with Gasteiger partial charge < -0.3 is 0 Å². The van der Waals surface area contributed by atoms with Crippen LogP contribution in [0.15, 0.2) is 12.1 Å². The zero-order valence-corrected chi connectivity index (χ0v) is 9.20. The van der Waals surface area contributed by atoms with Crippen molar-refractivity contribution < 1.29 is 0 Å².